The maximum absolute atomic E-state index is 16.0. The van der Waals surface area contributed by atoms with E-state index in [9.17, 15) is 19.6 Å². The average molecular weight is 731 g/mol. The Bertz CT molecular complexity index is 1810. The summed E-state index contributed by atoms with van der Waals surface area (Å²) in [7, 11) is 1.34. The third kappa shape index (κ3) is 8.20. The van der Waals surface area contributed by atoms with Crippen LogP contribution in [0.1, 0.15) is 67.9 Å². The van der Waals surface area contributed by atoms with E-state index in [2.05, 4.69) is 11.4 Å². The average Bonchev–Trinajstić information content (AvgIpc) is 3.37. The van der Waals surface area contributed by atoms with Crippen LogP contribution in [0, 0.1) is 40.2 Å². The van der Waals surface area contributed by atoms with Gasteiger partial charge in [0.05, 0.1) is 34.9 Å². The first-order valence-electron chi connectivity index (χ1n) is 15.9. The second-order valence-corrected chi connectivity index (χ2v) is 14.4. The molecule has 50 heavy (non-hydrogen) atoms. The predicted octanol–water partition coefficient (Wildman–Crippen LogP) is 7.58. The van der Waals surface area contributed by atoms with Gasteiger partial charge in [-0.25, -0.2) is 13.6 Å². The number of anilines is 1. The van der Waals surface area contributed by atoms with Crippen molar-refractivity contribution in [3.05, 3.63) is 93.0 Å². The zero-order chi connectivity index (χ0) is 37.0. The fourth-order valence-electron chi connectivity index (χ4n) is 6.74. The smallest absolute Gasteiger partial charge is 0.338 e. The zero-order valence-electron chi connectivity index (χ0n) is 28.3. The van der Waals surface area contributed by atoms with Crippen molar-refractivity contribution in [1.29, 1.82) is 5.26 Å². The van der Waals surface area contributed by atoms with Crippen molar-refractivity contribution in [2.75, 3.05) is 25.6 Å². The van der Waals surface area contributed by atoms with Crippen LogP contribution >= 0.6 is 23.2 Å². The number of benzene rings is 3. The van der Waals surface area contributed by atoms with Crippen molar-refractivity contribution in [2.45, 2.75) is 57.9 Å². The number of nitrogens with zero attached hydrogens (tertiary/aromatic N) is 1. The van der Waals surface area contributed by atoms with E-state index in [1.807, 2.05) is 20.8 Å². The largest absolute Gasteiger partial charge is 0.495 e. The Kier molecular flexibility index (Phi) is 12.1. The molecule has 13 heteroatoms. The molecule has 0 saturated heterocycles. The predicted molar refractivity (Wildman–Crippen MR) is 185 cm³/mol. The molecule has 4 rings (SSSR count). The van der Waals surface area contributed by atoms with Gasteiger partial charge in [-0.15, -0.1) is 0 Å². The minimum atomic E-state index is -1.70. The molecule has 0 heterocycles. The molecule has 0 unspecified atom stereocenters. The SMILES string of the molecule is COc1cc(C(=O)OCCOC(=O)[C@@H](C)N)ccc1NC(=O)[C@@H]1C[C@@H](CC(C)(C)C)[C@](C#N)(c2ccc(Cl)cc2F)[C@H]1c1cccc(Cl)c1F. The van der Waals surface area contributed by atoms with Crippen molar-refractivity contribution < 1.29 is 37.4 Å². The second-order valence-electron chi connectivity index (χ2n) is 13.5. The molecule has 9 nitrogen and oxygen atoms in total. The van der Waals surface area contributed by atoms with Gasteiger partial charge in [0.2, 0.25) is 5.91 Å². The molecule has 0 radical (unpaired) electrons. The molecule has 0 aliphatic heterocycles. The molecule has 1 aliphatic carbocycles. The van der Waals surface area contributed by atoms with Crippen LogP contribution in [0.25, 0.3) is 0 Å². The molecule has 0 spiro atoms. The fraction of sp³-hybridized carbons (Fsp3) is 0.405. The van der Waals surface area contributed by atoms with Gasteiger partial charge in [0.15, 0.2) is 0 Å². The van der Waals surface area contributed by atoms with Crippen molar-refractivity contribution in [1.82, 2.24) is 0 Å². The quantitative estimate of drug-likeness (QED) is 0.152. The molecule has 3 aromatic carbocycles. The van der Waals surface area contributed by atoms with Crippen LogP contribution in [-0.4, -0.2) is 44.2 Å². The van der Waals surface area contributed by atoms with E-state index < -0.39 is 58.7 Å². The van der Waals surface area contributed by atoms with E-state index in [1.54, 1.807) is 0 Å². The molecule has 0 aromatic heterocycles. The topological polar surface area (TPSA) is 141 Å². The number of hydrogen-bond acceptors (Lipinski definition) is 8. The number of ether oxygens (including phenoxy) is 3. The maximum atomic E-state index is 16.0. The van der Waals surface area contributed by atoms with Crippen LogP contribution in [0.2, 0.25) is 10.0 Å². The van der Waals surface area contributed by atoms with Crippen LogP contribution in [0.5, 0.6) is 5.75 Å². The first kappa shape index (κ1) is 38.6. The Morgan fingerprint density at radius 3 is 2.40 bits per heavy atom. The van der Waals surface area contributed by atoms with E-state index >= 15 is 8.78 Å². The Hall–Kier alpha value is -4.24. The summed E-state index contributed by atoms with van der Waals surface area (Å²) < 4.78 is 47.5. The minimum absolute atomic E-state index is 0.00150. The highest BCUT2D eigenvalue weighted by Crippen LogP contribution is 2.61. The van der Waals surface area contributed by atoms with E-state index in [-0.39, 0.29) is 63.2 Å². The molecule has 1 fully saturated rings. The maximum Gasteiger partial charge on any atom is 0.338 e. The van der Waals surface area contributed by atoms with Gasteiger partial charge in [-0.1, -0.05) is 62.2 Å². The zero-order valence-corrected chi connectivity index (χ0v) is 29.8. The van der Waals surface area contributed by atoms with Crippen molar-refractivity contribution in [3.8, 4) is 11.8 Å². The van der Waals surface area contributed by atoms with Gasteiger partial charge in [0, 0.05) is 22.4 Å². The lowest BCUT2D eigenvalue weighted by Crippen LogP contribution is -2.39. The molecule has 0 bridgehead atoms. The summed E-state index contributed by atoms with van der Waals surface area (Å²) in [6, 6.07) is 14.1. The number of amides is 1. The van der Waals surface area contributed by atoms with Crippen molar-refractivity contribution in [3.63, 3.8) is 0 Å². The van der Waals surface area contributed by atoms with Gasteiger partial charge in [-0.2, -0.15) is 5.26 Å². The number of halogens is 4. The van der Waals surface area contributed by atoms with Crippen LogP contribution in [0.15, 0.2) is 54.6 Å². The minimum Gasteiger partial charge on any atom is -0.495 e. The molecule has 3 N–H and O–H groups in total. The number of nitrogens with one attached hydrogen (secondary N) is 1. The first-order valence-corrected chi connectivity index (χ1v) is 16.7. The molecule has 5 atom stereocenters. The van der Waals surface area contributed by atoms with Gasteiger partial charge in [0.1, 0.15) is 36.6 Å². The number of hydrogen-bond donors (Lipinski definition) is 2. The number of carbonyl (C=O) groups excluding carboxylic acids is 3. The van der Waals surface area contributed by atoms with Gasteiger partial charge < -0.3 is 25.3 Å². The highest BCUT2D eigenvalue weighted by molar-refractivity contribution is 6.31. The van der Waals surface area contributed by atoms with Gasteiger partial charge >= 0.3 is 11.9 Å². The van der Waals surface area contributed by atoms with E-state index in [0.29, 0.717) is 6.42 Å². The molecular formula is C37H39Cl2F2N3O6. The molecule has 1 amide bonds. The summed E-state index contributed by atoms with van der Waals surface area (Å²) in [5.41, 5.74) is 3.66. The summed E-state index contributed by atoms with van der Waals surface area (Å²) >= 11 is 12.4. The Balaban J connectivity index is 1.74. The van der Waals surface area contributed by atoms with E-state index in [0.717, 1.165) is 6.07 Å². The van der Waals surface area contributed by atoms with Gasteiger partial charge in [-0.05, 0) is 73.1 Å². The highest BCUT2D eigenvalue weighted by Gasteiger charge is 2.61. The molecular weight excluding hydrogens is 691 g/mol. The lowest BCUT2D eigenvalue weighted by molar-refractivity contribution is -0.145. The molecule has 1 aliphatic rings. The Morgan fingerprint density at radius 1 is 1.08 bits per heavy atom. The van der Waals surface area contributed by atoms with Crippen LogP contribution in [0.3, 0.4) is 0 Å². The number of carbonyl (C=O) groups is 3. The van der Waals surface area contributed by atoms with Crippen molar-refractivity contribution >= 4 is 46.7 Å². The summed E-state index contributed by atoms with van der Waals surface area (Å²) in [6.07, 6.45) is 0.505. The summed E-state index contributed by atoms with van der Waals surface area (Å²) in [4.78, 5) is 38.6. The Labute approximate surface area is 300 Å². The Morgan fingerprint density at radius 2 is 1.78 bits per heavy atom. The standard InChI is InChI=1S/C37H39Cl2F2N3O6/c1-20(43)34(46)49-13-14-50-35(47)21-9-12-29(30(15-21)48-5)44-33(45)25-16-22(18-36(2,3)4)37(19-42,26-11-10-23(38)17-28(26)40)31(25)24-7-6-8-27(39)32(24)41/h6-12,15,17,20,22,25,31H,13-14,16,18,43H2,1-5H3,(H,44,45)/t20-,22+,25-,31+,37-/m1/s1. The first-order chi connectivity index (χ1) is 23.5. The number of esters is 2. The number of nitriles is 1. The summed E-state index contributed by atoms with van der Waals surface area (Å²) in [5.74, 6) is -6.22. The lowest BCUT2D eigenvalue weighted by atomic mass is 9.62. The normalized spacial score (nSPS) is 20.8. The lowest BCUT2D eigenvalue weighted by Gasteiger charge is -2.38. The molecule has 266 valence electrons. The fourth-order valence-corrected chi connectivity index (χ4v) is 7.08. The van der Waals surface area contributed by atoms with Crippen molar-refractivity contribution in [2.24, 2.45) is 23.0 Å². The van der Waals surface area contributed by atoms with Crippen LogP contribution in [0.4, 0.5) is 14.5 Å². The third-order valence-electron chi connectivity index (χ3n) is 8.78. The van der Waals surface area contributed by atoms with E-state index in [4.69, 9.17) is 43.1 Å². The highest BCUT2D eigenvalue weighted by atomic mass is 35.5. The molecule has 1 saturated carbocycles. The van der Waals surface area contributed by atoms with E-state index in [1.165, 1.54) is 62.6 Å². The molecule has 3 aromatic rings. The number of rotatable bonds is 11. The third-order valence-corrected chi connectivity index (χ3v) is 9.30. The van der Waals surface area contributed by atoms with Crippen LogP contribution < -0.4 is 15.8 Å². The van der Waals surface area contributed by atoms with Gasteiger partial charge in [0.25, 0.3) is 0 Å². The van der Waals surface area contributed by atoms with Gasteiger partial charge in [-0.3, -0.25) is 9.59 Å². The summed E-state index contributed by atoms with van der Waals surface area (Å²) in [5, 5.41) is 13.8. The second kappa shape index (κ2) is 15.8. The number of methoxy groups -OCH3 is 1. The van der Waals surface area contributed by atoms with Crippen LogP contribution in [-0.2, 0) is 24.5 Å². The number of nitrogens with two attached hydrogens (primary N) is 1. The monoisotopic (exact) mass is 729 g/mol. The summed E-state index contributed by atoms with van der Waals surface area (Å²) in [6.45, 7) is 6.98.